The number of carbonyl (C=O) groups excluding carboxylic acids is 1. The molecule has 1 aromatic heterocycles. The zero-order valence-corrected chi connectivity index (χ0v) is 13.1. The third-order valence-corrected chi connectivity index (χ3v) is 3.99. The summed E-state index contributed by atoms with van der Waals surface area (Å²) in [5.41, 5.74) is 1.91. The summed E-state index contributed by atoms with van der Waals surface area (Å²) in [6, 6.07) is 7.21. The minimum Gasteiger partial charge on any atom is -0.352 e. The lowest BCUT2D eigenvalue weighted by atomic mass is 10.1. The van der Waals surface area contributed by atoms with Gasteiger partial charge in [0.15, 0.2) is 0 Å². The van der Waals surface area contributed by atoms with Gasteiger partial charge in [-0.05, 0) is 18.6 Å². The number of nitrogens with one attached hydrogen (secondary N) is 2. The second-order valence-electron chi connectivity index (χ2n) is 4.56. The minimum absolute atomic E-state index is 0.208. The highest BCUT2D eigenvalue weighted by Crippen LogP contribution is 2.23. The molecular weight excluding hydrogens is 310 g/mol. The van der Waals surface area contributed by atoms with Crippen molar-refractivity contribution in [2.75, 3.05) is 18.6 Å². The Morgan fingerprint density at radius 2 is 2.29 bits per heavy atom. The Kier molecular flexibility index (Phi) is 5.52. The molecular formula is C14H16ClN3O2S. The summed E-state index contributed by atoms with van der Waals surface area (Å²) in [6.07, 6.45) is 3.82. The van der Waals surface area contributed by atoms with Gasteiger partial charge in [-0.2, -0.15) is 5.10 Å². The monoisotopic (exact) mass is 325 g/mol. The van der Waals surface area contributed by atoms with Crippen LogP contribution in [-0.2, 0) is 10.8 Å². The Labute approximate surface area is 130 Å². The number of aromatic amines is 1. The van der Waals surface area contributed by atoms with Crippen LogP contribution in [0, 0.1) is 0 Å². The lowest BCUT2D eigenvalue weighted by Gasteiger charge is -2.05. The van der Waals surface area contributed by atoms with Crippen molar-refractivity contribution in [1.82, 2.24) is 15.5 Å². The van der Waals surface area contributed by atoms with Crippen molar-refractivity contribution in [3.8, 4) is 11.3 Å². The summed E-state index contributed by atoms with van der Waals surface area (Å²) < 4.78 is 11.0. The molecule has 0 spiro atoms. The van der Waals surface area contributed by atoms with Gasteiger partial charge in [0.2, 0.25) is 0 Å². The van der Waals surface area contributed by atoms with Gasteiger partial charge < -0.3 is 5.32 Å². The average Bonchev–Trinajstić information content (AvgIpc) is 2.92. The van der Waals surface area contributed by atoms with E-state index >= 15 is 0 Å². The Morgan fingerprint density at radius 1 is 1.48 bits per heavy atom. The molecule has 1 atom stereocenters. The van der Waals surface area contributed by atoms with Crippen LogP contribution in [0.5, 0.6) is 0 Å². The van der Waals surface area contributed by atoms with E-state index in [1.165, 1.54) is 6.20 Å². The van der Waals surface area contributed by atoms with Crippen LogP contribution in [0.4, 0.5) is 0 Å². The zero-order chi connectivity index (χ0) is 15.2. The molecule has 0 saturated carbocycles. The Balaban J connectivity index is 2.06. The van der Waals surface area contributed by atoms with Crippen LogP contribution in [0.25, 0.3) is 11.3 Å². The van der Waals surface area contributed by atoms with Crippen molar-refractivity contribution in [1.29, 1.82) is 0 Å². The van der Waals surface area contributed by atoms with Crippen LogP contribution in [0.2, 0.25) is 5.02 Å². The summed E-state index contributed by atoms with van der Waals surface area (Å²) in [4.78, 5) is 12.1. The van der Waals surface area contributed by atoms with Crippen molar-refractivity contribution in [2.45, 2.75) is 6.42 Å². The molecule has 0 bridgehead atoms. The van der Waals surface area contributed by atoms with Gasteiger partial charge in [-0.3, -0.25) is 14.1 Å². The molecule has 2 N–H and O–H groups in total. The predicted octanol–water partition coefficient (Wildman–Crippen LogP) is 2.23. The fourth-order valence-electron chi connectivity index (χ4n) is 1.89. The van der Waals surface area contributed by atoms with E-state index in [0.29, 0.717) is 35.0 Å². The van der Waals surface area contributed by atoms with Crippen LogP contribution < -0.4 is 5.32 Å². The van der Waals surface area contributed by atoms with Crippen molar-refractivity contribution in [3.05, 3.63) is 41.0 Å². The molecule has 1 aromatic carbocycles. The molecule has 2 rings (SSSR count). The number of aromatic nitrogens is 2. The number of hydrogen-bond donors (Lipinski definition) is 2. The standard InChI is InChI=1S/C14H16ClN3O2S/c1-21(20)7-3-6-16-14(19)12-9-17-18-13(12)10-4-2-5-11(15)8-10/h2,4-5,8-9H,3,6-7H2,1H3,(H,16,19)(H,17,18)/t21-/m0/s1. The number of H-pyrrole nitrogens is 1. The second-order valence-corrected chi connectivity index (χ2v) is 6.55. The molecule has 1 amide bonds. The third kappa shape index (κ3) is 4.41. The van der Waals surface area contributed by atoms with Crippen LogP contribution in [0.15, 0.2) is 30.5 Å². The van der Waals surface area contributed by atoms with Gasteiger partial charge in [-0.25, -0.2) is 0 Å². The first kappa shape index (κ1) is 15.7. The topological polar surface area (TPSA) is 74.8 Å². The molecule has 0 aliphatic heterocycles. The van der Waals surface area contributed by atoms with E-state index in [0.717, 1.165) is 5.56 Å². The van der Waals surface area contributed by atoms with Gasteiger partial charge in [-0.1, -0.05) is 23.7 Å². The number of nitrogens with zero attached hydrogens (tertiary/aromatic N) is 1. The fourth-order valence-corrected chi connectivity index (χ4v) is 2.64. The van der Waals surface area contributed by atoms with Crippen LogP contribution in [0.3, 0.4) is 0 Å². The second kappa shape index (κ2) is 7.38. The molecule has 0 saturated heterocycles. The van der Waals surface area contributed by atoms with Gasteiger partial charge in [0.1, 0.15) is 0 Å². The maximum Gasteiger partial charge on any atom is 0.255 e. The number of benzene rings is 1. The number of carbonyl (C=O) groups is 1. The van der Waals surface area contributed by atoms with E-state index in [-0.39, 0.29) is 5.91 Å². The molecule has 0 radical (unpaired) electrons. The van der Waals surface area contributed by atoms with Crippen LogP contribution >= 0.6 is 11.6 Å². The lowest BCUT2D eigenvalue weighted by Crippen LogP contribution is -2.25. The summed E-state index contributed by atoms with van der Waals surface area (Å²) in [6.45, 7) is 0.485. The smallest absolute Gasteiger partial charge is 0.255 e. The van der Waals surface area contributed by atoms with E-state index in [1.54, 1.807) is 18.4 Å². The van der Waals surface area contributed by atoms with Crippen LogP contribution in [-0.4, -0.2) is 38.9 Å². The highest BCUT2D eigenvalue weighted by molar-refractivity contribution is 7.84. The number of amides is 1. The van der Waals surface area contributed by atoms with E-state index in [1.807, 2.05) is 12.1 Å². The van der Waals surface area contributed by atoms with Gasteiger partial charge in [0.25, 0.3) is 5.91 Å². The molecule has 112 valence electrons. The third-order valence-electron chi connectivity index (χ3n) is 2.89. The lowest BCUT2D eigenvalue weighted by molar-refractivity contribution is 0.0954. The first-order valence-corrected chi connectivity index (χ1v) is 8.56. The van der Waals surface area contributed by atoms with E-state index < -0.39 is 10.8 Å². The Morgan fingerprint density at radius 3 is 3.00 bits per heavy atom. The quantitative estimate of drug-likeness (QED) is 0.800. The molecule has 0 fully saturated rings. The first-order chi connectivity index (χ1) is 10.1. The number of rotatable bonds is 6. The van der Waals surface area contributed by atoms with Crippen molar-refractivity contribution in [3.63, 3.8) is 0 Å². The van der Waals surface area contributed by atoms with E-state index in [2.05, 4.69) is 15.5 Å². The highest BCUT2D eigenvalue weighted by Gasteiger charge is 2.15. The Hall–Kier alpha value is -1.66. The largest absolute Gasteiger partial charge is 0.352 e. The van der Waals surface area contributed by atoms with Gasteiger partial charge in [-0.15, -0.1) is 0 Å². The molecule has 1 heterocycles. The Bertz CT molecular complexity index is 657. The molecule has 2 aromatic rings. The van der Waals surface area contributed by atoms with E-state index in [9.17, 15) is 9.00 Å². The summed E-state index contributed by atoms with van der Waals surface area (Å²) >= 11 is 5.96. The number of hydrogen-bond acceptors (Lipinski definition) is 3. The van der Waals surface area contributed by atoms with Gasteiger partial charge >= 0.3 is 0 Å². The zero-order valence-electron chi connectivity index (χ0n) is 11.6. The fraction of sp³-hybridized carbons (Fsp3) is 0.286. The average molecular weight is 326 g/mol. The van der Waals surface area contributed by atoms with E-state index in [4.69, 9.17) is 11.6 Å². The van der Waals surface area contributed by atoms with Crippen molar-refractivity contribution >= 4 is 28.3 Å². The van der Waals surface area contributed by atoms with Crippen LogP contribution in [0.1, 0.15) is 16.8 Å². The summed E-state index contributed by atoms with van der Waals surface area (Å²) in [5.74, 6) is 0.368. The minimum atomic E-state index is -0.838. The molecule has 21 heavy (non-hydrogen) atoms. The predicted molar refractivity (Wildman–Crippen MR) is 84.9 cm³/mol. The van der Waals surface area contributed by atoms with Crippen molar-refractivity contribution < 1.29 is 9.00 Å². The summed E-state index contributed by atoms with van der Waals surface area (Å²) in [5, 5.41) is 10.1. The highest BCUT2D eigenvalue weighted by atomic mass is 35.5. The maximum atomic E-state index is 12.1. The van der Waals surface area contributed by atoms with Gasteiger partial charge in [0.05, 0.1) is 17.5 Å². The van der Waals surface area contributed by atoms with Crippen molar-refractivity contribution in [2.24, 2.45) is 0 Å². The first-order valence-electron chi connectivity index (χ1n) is 6.45. The molecule has 0 aliphatic rings. The molecule has 0 unspecified atom stereocenters. The van der Waals surface area contributed by atoms with Gasteiger partial charge in [0, 0.05) is 39.9 Å². The molecule has 5 nitrogen and oxygen atoms in total. The SMILES string of the molecule is C[S@](=O)CCCNC(=O)c1cn[nH]c1-c1cccc(Cl)c1. The summed E-state index contributed by atoms with van der Waals surface area (Å²) in [7, 11) is -0.838. The molecule has 0 aliphatic carbocycles. The molecule has 7 heteroatoms. The maximum absolute atomic E-state index is 12.1. The number of halogens is 1. The normalized spacial score (nSPS) is 12.1.